The average Bonchev–Trinajstić information content (AvgIpc) is 2.57. The van der Waals surface area contributed by atoms with E-state index in [1.165, 1.54) is 30.3 Å². The molecule has 2 rings (SSSR count). The van der Waals surface area contributed by atoms with Gasteiger partial charge in [-0.15, -0.1) is 0 Å². The molecule has 0 saturated carbocycles. The fourth-order valence-electron chi connectivity index (χ4n) is 1.96. The maximum atomic E-state index is 12.3. The van der Waals surface area contributed by atoms with Gasteiger partial charge < -0.3 is 10.1 Å². The van der Waals surface area contributed by atoms with Gasteiger partial charge in [0.1, 0.15) is 5.75 Å². The molecule has 0 heterocycles. The summed E-state index contributed by atoms with van der Waals surface area (Å²) in [6.45, 7) is -3.16. The number of carbonyl (C=O) groups excluding carboxylic acids is 1. The summed E-state index contributed by atoms with van der Waals surface area (Å²) in [7, 11) is -3.71. The summed E-state index contributed by atoms with van der Waals surface area (Å²) in [6.07, 6.45) is -0.172. The number of para-hydroxylation sites is 2. The number of rotatable bonds is 8. The molecule has 0 radical (unpaired) electrons. The molecule has 0 aliphatic carbocycles. The standard InChI is InChI=1S/C16H16F2N2O4S/c17-16(18)24-14-9-5-4-8-13(14)20-15(21)10-11-19-25(22,23)12-6-2-1-3-7-12/h1-9,16,19H,10-11H2,(H,20,21). The lowest BCUT2D eigenvalue weighted by atomic mass is 10.3. The number of halogens is 2. The van der Waals surface area contributed by atoms with Gasteiger partial charge in [-0.25, -0.2) is 13.1 Å². The van der Waals surface area contributed by atoms with Gasteiger partial charge in [-0.3, -0.25) is 4.79 Å². The van der Waals surface area contributed by atoms with Gasteiger partial charge >= 0.3 is 6.61 Å². The van der Waals surface area contributed by atoms with E-state index in [1.807, 2.05) is 0 Å². The molecular weight excluding hydrogens is 354 g/mol. The number of anilines is 1. The van der Waals surface area contributed by atoms with Gasteiger partial charge in [0.15, 0.2) is 0 Å². The van der Waals surface area contributed by atoms with E-state index >= 15 is 0 Å². The number of sulfonamides is 1. The molecule has 0 fully saturated rings. The molecule has 1 amide bonds. The molecule has 2 aromatic carbocycles. The van der Waals surface area contributed by atoms with E-state index in [0.717, 1.165) is 0 Å². The molecule has 2 aromatic rings. The van der Waals surface area contributed by atoms with Crippen LogP contribution in [0.3, 0.4) is 0 Å². The number of amides is 1. The van der Waals surface area contributed by atoms with Crippen LogP contribution in [0.15, 0.2) is 59.5 Å². The Kier molecular flexibility index (Phi) is 6.43. The highest BCUT2D eigenvalue weighted by Crippen LogP contribution is 2.25. The third kappa shape index (κ3) is 5.80. The number of hydrogen-bond acceptors (Lipinski definition) is 4. The summed E-state index contributed by atoms with van der Waals surface area (Å²) >= 11 is 0. The fraction of sp³-hybridized carbons (Fsp3) is 0.188. The second-order valence-electron chi connectivity index (χ2n) is 4.88. The monoisotopic (exact) mass is 370 g/mol. The Morgan fingerprint density at radius 2 is 1.68 bits per heavy atom. The fourth-order valence-corrected chi connectivity index (χ4v) is 3.02. The Morgan fingerprint density at radius 1 is 1.04 bits per heavy atom. The topological polar surface area (TPSA) is 84.5 Å². The van der Waals surface area contributed by atoms with Crippen molar-refractivity contribution in [3.63, 3.8) is 0 Å². The van der Waals surface area contributed by atoms with Crippen molar-refractivity contribution < 1.29 is 26.7 Å². The van der Waals surface area contributed by atoms with Crippen molar-refractivity contribution in [2.24, 2.45) is 0 Å². The van der Waals surface area contributed by atoms with Crippen molar-refractivity contribution >= 4 is 21.6 Å². The van der Waals surface area contributed by atoms with E-state index in [-0.39, 0.29) is 29.3 Å². The lowest BCUT2D eigenvalue weighted by Crippen LogP contribution is -2.27. The summed E-state index contributed by atoms with van der Waals surface area (Å²) < 4.78 is 55.2. The van der Waals surface area contributed by atoms with Crippen molar-refractivity contribution in [3.05, 3.63) is 54.6 Å². The van der Waals surface area contributed by atoms with Gasteiger partial charge in [0, 0.05) is 13.0 Å². The molecule has 6 nitrogen and oxygen atoms in total. The minimum atomic E-state index is -3.71. The maximum Gasteiger partial charge on any atom is 0.387 e. The molecule has 0 saturated heterocycles. The smallest absolute Gasteiger partial charge is 0.387 e. The SMILES string of the molecule is O=C(CCNS(=O)(=O)c1ccccc1)Nc1ccccc1OC(F)F. The quantitative estimate of drug-likeness (QED) is 0.748. The zero-order valence-corrected chi connectivity index (χ0v) is 13.8. The molecular formula is C16H16F2N2O4S. The number of nitrogens with one attached hydrogen (secondary N) is 2. The van der Waals surface area contributed by atoms with E-state index in [2.05, 4.69) is 14.8 Å². The Bertz CT molecular complexity index is 814. The Hall–Kier alpha value is -2.52. The number of benzene rings is 2. The highest BCUT2D eigenvalue weighted by molar-refractivity contribution is 7.89. The van der Waals surface area contributed by atoms with Gasteiger partial charge in [-0.2, -0.15) is 8.78 Å². The predicted octanol–water partition coefficient (Wildman–Crippen LogP) is 2.60. The molecule has 0 aromatic heterocycles. The van der Waals surface area contributed by atoms with Crippen LogP contribution in [0, 0.1) is 0 Å². The zero-order valence-electron chi connectivity index (χ0n) is 13.0. The van der Waals surface area contributed by atoms with E-state index in [4.69, 9.17) is 0 Å². The van der Waals surface area contributed by atoms with E-state index < -0.39 is 22.5 Å². The van der Waals surface area contributed by atoms with Gasteiger partial charge in [0.05, 0.1) is 10.6 Å². The second kappa shape index (κ2) is 8.54. The van der Waals surface area contributed by atoms with Crippen LogP contribution in [-0.2, 0) is 14.8 Å². The Labute approximate surface area is 143 Å². The summed E-state index contributed by atoms with van der Waals surface area (Å²) in [5.41, 5.74) is 0.0821. The molecule has 0 aliphatic heterocycles. The molecule has 25 heavy (non-hydrogen) atoms. The van der Waals surface area contributed by atoms with Crippen LogP contribution in [0.25, 0.3) is 0 Å². The van der Waals surface area contributed by atoms with E-state index in [0.29, 0.717) is 0 Å². The first-order valence-electron chi connectivity index (χ1n) is 7.27. The first-order chi connectivity index (χ1) is 11.9. The van der Waals surface area contributed by atoms with Crippen LogP contribution in [-0.4, -0.2) is 27.5 Å². The Morgan fingerprint density at radius 3 is 2.36 bits per heavy atom. The van der Waals surface area contributed by atoms with Crippen LogP contribution >= 0.6 is 0 Å². The third-order valence-corrected chi connectivity index (χ3v) is 4.55. The highest BCUT2D eigenvalue weighted by atomic mass is 32.2. The van der Waals surface area contributed by atoms with Crippen molar-refractivity contribution in [1.82, 2.24) is 4.72 Å². The highest BCUT2D eigenvalue weighted by Gasteiger charge is 2.15. The Balaban J connectivity index is 1.90. The van der Waals surface area contributed by atoms with Crippen molar-refractivity contribution in [1.29, 1.82) is 0 Å². The normalized spacial score (nSPS) is 11.3. The largest absolute Gasteiger partial charge is 0.433 e. The number of ether oxygens (including phenoxy) is 1. The van der Waals surface area contributed by atoms with Crippen LogP contribution in [0.1, 0.15) is 6.42 Å². The summed E-state index contributed by atoms with van der Waals surface area (Å²) in [4.78, 5) is 12.0. The van der Waals surface area contributed by atoms with Crippen LogP contribution in [0.2, 0.25) is 0 Å². The van der Waals surface area contributed by atoms with Crippen molar-refractivity contribution in [2.75, 3.05) is 11.9 Å². The number of alkyl halides is 2. The molecule has 0 atom stereocenters. The maximum absolute atomic E-state index is 12.3. The average molecular weight is 370 g/mol. The van der Waals surface area contributed by atoms with Crippen LogP contribution < -0.4 is 14.8 Å². The van der Waals surface area contributed by atoms with Gasteiger partial charge in [0.25, 0.3) is 0 Å². The lowest BCUT2D eigenvalue weighted by Gasteiger charge is -2.12. The zero-order chi connectivity index (χ0) is 18.3. The van der Waals surface area contributed by atoms with Crippen LogP contribution in [0.4, 0.5) is 14.5 Å². The third-order valence-electron chi connectivity index (χ3n) is 3.07. The van der Waals surface area contributed by atoms with Gasteiger partial charge in [-0.1, -0.05) is 30.3 Å². The number of carbonyl (C=O) groups is 1. The second-order valence-corrected chi connectivity index (χ2v) is 6.65. The number of hydrogen-bond donors (Lipinski definition) is 2. The first kappa shape index (κ1) is 18.8. The lowest BCUT2D eigenvalue weighted by molar-refractivity contribution is -0.116. The predicted molar refractivity (Wildman–Crippen MR) is 88.0 cm³/mol. The molecule has 0 unspecified atom stereocenters. The first-order valence-corrected chi connectivity index (χ1v) is 8.75. The minimum Gasteiger partial charge on any atom is -0.433 e. The van der Waals surface area contributed by atoms with Gasteiger partial charge in [-0.05, 0) is 24.3 Å². The molecule has 2 N–H and O–H groups in total. The summed E-state index contributed by atoms with van der Waals surface area (Å²) in [6, 6.07) is 13.4. The molecule has 0 aliphatic rings. The molecule has 134 valence electrons. The summed E-state index contributed by atoms with van der Waals surface area (Å²) in [5, 5.41) is 2.41. The van der Waals surface area contributed by atoms with Crippen molar-refractivity contribution in [3.8, 4) is 5.75 Å². The van der Waals surface area contributed by atoms with Crippen molar-refractivity contribution in [2.45, 2.75) is 17.9 Å². The molecule has 0 spiro atoms. The van der Waals surface area contributed by atoms with Gasteiger partial charge in [0.2, 0.25) is 15.9 Å². The summed E-state index contributed by atoms with van der Waals surface area (Å²) in [5.74, 6) is -0.711. The molecule has 0 bridgehead atoms. The van der Waals surface area contributed by atoms with E-state index in [9.17, 15) is 22.0 Å². The molecule has 9 heteroatoms. The van der Waals surface area contributed by atoms with E-state index in [1.54, 1.807) is 24.3 Å². The minimum absolute atomic E-state index is 0.0821. The van der Waals surface area contributed by atoms with Crippen LogP contribution in [0.5, 0.6) is 5.75 Å².